The average molecular weight is 411 g/mol. The number of benzene rings is 2. The zero-order valence-corrected chi connectivity index (χ0v) is 13.8. The normalized spacial score (nSPS) is 10.4. The van der Waals surface area contributed by atoms with Gasteiger partial charge in [-0.15, -0.1) is 0 Å². The predicted octanol–water partition coefficient (Wildman–Crippen LogP) is 5.15. The number of aromatic nitrogens is 2. The highest BCUT2D eigenvalue weighted by Crippen LogP contribution is 2.27. The van der Waals surface area contributed by atoms with Crippen LogP contribution in [-0.4, -0.2) is 10.2 Å². The third kappa shape index (κ3) is 3.68. The number of H-pyrrole nitrogens is 1. The van der Waals surface area contributed by atoms with Crippen LogP contribution in [0, 0.1) is 3.57 Å². The van der Waals surface area contributed by atoms with Gasteiger partial charge in [-0.25, -0.2) is 0 Å². The Kier molecular flexibility index (Phi) is 4.31. The molecule has 0 bridgehead atoms. The lowest BCUT2D eigenvalue weighted by atomic mass is 10.3. The van der Waals surface area contributed by atoms with Crippen LogP contribution in [0.25, 0.3) is 0 Å². The molecule has 21 heavy (non-hydrogen) atoms. The van der Waals surface area contributed by atoms with Crippen LogP contribution in [0.3, 0.4) is 0 Å². The van der Waals surface area contributed by atoms with E-state index < -0.39 is 0 Å². The second kappa shape index (κ2) is 6.36. The Labute approximate surface area is 141 Å². The maximum Gasteiger partial charge on any atom is 0.150 e. The first-order valence-electron chi connectivity index (χ1n) is 6.29. The number of halogens is 2. The number of hydrogen-bond acceptors (Lipinski definition) is 3. The van der Waals surface area contributed by atoms with Crippen LogP contribution in [-0.2, 0) is 0 Å². The molecule has 0 unspecified atom stereocenters. The van der Waals surface area contributed by atoms with Gasteiger partial charge in [0, 0.05) is 20.0 Å². The molecule has 106 valence electrons. The van der Waals surface area contributed by atoms with Gasteiger partial charge in [-0.05, 0) is 65.1 Å². The van der Waals surface area contributed by atoms with Gasteiger partial charge in [0.1, 0.15) is 11.5 Å². The Hall–Kier alpha value is -1.73. The third-order valence-electron chi connectivity index (χ3n) is 2.86. The summed E-state index contributed by atoms with van der Waals surface area (Å²) < 4.78 is 1.19. The summed E-state index contributed by atoms with van der Waals surface area (Å²) in [6.45, 7) is 0. The highest BCUT2D eigenvalue weighted by molar-refractivity contribution is 14.1. The fraction of sp³-hybridized carbons (Fsp3) is 0. The van der Waals surface area contributed by atoms with Crippen molar-refractivity contribution in [3.05, 3.63) is 63.3 Å². The number of anilines is 4. The molecule has 0 saturated heterocycles. The number of aromatic amines is 1. The number of nitrogens with one attached hydrogen (secondary N) is 3. The Morgan fingerprint density at radius 3 is 2.57 bits per heavy atom. The fourth-order valence-electron chi connectivity index (χ4n) is 1.88. The van der Waals surface area contributed by atoms with Gasteiger partial charge in [-0.2, -0.15) is 5.10 Å². The van der Waals surface area contributed by atoms with Crippen LogP contribution < -0.4 is 10.6 Å². The van der Waals surface area contributed by atoms with E-state index in [1.807, 2.05) is 48.5 Å². The van der Waals surface area contributed by atoms with E-state index in [2.05, 4.69) is 43.4 Å². The lowest BCUT2D eigenvalue weighted by Crippen LogP contribution is -1.96. The molecule has 6 heteroatoms. The standard InChI is InChI=1S/C15H12ClIN4/c16-10-2-1-3-13(8-10)19-14-9-18-21-15(14)20-12-6-4-11(17)5-7-12/h1-9,19H,(H2,18,20,21). The van der Waals surface area contributed by atoms with E-state index in [1.165, 1.54) is 3.57 Å². The molecule has 0 aliphatic heterocycles. The minimum Gasteiger partial charge on any atom is -0.351 e. The molecule has 1 heterocycles. The Balaban J connectivity index is 1.79. The highest BCUT2D eigenvalue weighted by atomic mass is 127. The minimum atomic E-state index is 0.690. The molecule has 0 atom stereocenters. The topological polar surface area (TPSA) is 52.7 Å². The molecule has 1 aromatic heterocycles. The molecule has 2 aromatic carbocycles. The Morgan fingerprint density at radius 1 is 1.00 bits per heavy atom. The third-order valence-corrected chi connectivity index (χ3v) is 3.81. The molecular weight excluding hydrogens is 399 g/mol. The first-order chi connectivity index (χ1) is 10.2. The Bertz CT molecular complexity index is 739. The van der Waals surface area contributed by atoms with Gasteiger partial charge in [0.05, 0.1) is 6.20 Å². The van der Waals surface area contributed by atoms with Crippen LogP contribution in [0.4, 0.5) is 22.9 Å². The van der Waals surface area contributed by atoms with Crippen molar-refractivity contribution in [3.63, 3.8) is 0 Å². The van der Waals surface area contributed by atoms with Gasteiger partial charge >= 0.3 is 0 Å². The van der Waals surface area contributed by atoms with Crippen molar-refractivity contribution in [1.29, 1.82) is 0 Å². The fourth-order valence-corrected chi connectivity index (χ4v) is 2.43. The summed E-state index contributed by atoms with van der Waals surface area (Å²) in [5, 5.41) is 14.3. The molecule has 0 radical (unpaired) electrons. The van der Waals surface area contributed by atoms with Crippen molar-refractivity contribution in [2.24, 2.45) is 0 Å². The number of hydrogen-bond donors (Lipinski definition) is 3. The van der Waals surface area contributed by atoms with E-state index in [9.17, 15) is 0 Å². The van der Waals surface area contributed by atoms with Crippen LogP contribution in [0.5, 0.6) is 0 Å². The van der Waals surface area contributed by atoms with E-state index in [4.69, 9.17) is 11.6 Å². The summed E-state index contributed by atoms with van der Waals surface area (Å²) in [6, 6.07) is 15.7. The second-order valence-electron chi connectivity index (χ2n) is 4.43. The van der Waals surface area contributed by atoms with Crippen molar-refractivity contribution in [1.82, 2.24) is 10.2 Å². The van der Waals surface area contributed by atoms with Crippen molar-refractivity contribution < 1.29 is 0 Å². The molecule has 0 aliphatic rings. The second-order valence-corrected chi connectivity index (χ2v) is 6.11. The summed E-state index contributed by atoms with van der Waals surface area (Å²) >= 11 is 8.27. The van der Waals surface area contributed by atoms with Gasteiger partial charge < -0.3 is 10.6 Å². The molecule has 0 aliphatic carbocycles. The van der Waals surface area contributed by atoms with E-state index in [-0.39, 0.29) is 0 Å². The summed E-state index contributed by atoms with van der Waals surface area (Å²) in [5.41, 5.74) is 2.76. The van der Waals surface area contributed by atoms with Gasteiger partial charge in [-0.1, -0.05) is 17.7 Å². The molecule has 0 fully saturated rings. The summed E-state index contributed by atoms with van der Waals surface area (Å²) in [5.74, 6) is 0.802. The summed E-state index contributed by atoms with van der Waals surface area (Å²) in [7, 11) is 0. The van der Waals surface area contributed by atoms with Crippen LogP contribution >= 0.6 is 34.2 Å². The minimum absolute atomic E-state index is 0.690. The molecule has 4 nitrogen and oxygen atoms in total. The Morgan fingerprint density at radius 2 is 1.81 bits per heavy atom. The van der Waals surface area contributed by atoms with Gasteiger partial charge in [0.2, 0.25) is 0 Å². The molecule has 3 rings (SSSR count). The van der Waals surface area contributed by atoms with Crippen LogP contribution in [0.2, 0.25) is 5.02 Å². The van der Waals surface area contributed by atoms with E-state index in [0.29, 0.717) is 5.02 Å². The van der Waals surface area contributed by atoms with Gasteiger partial charge in [0.25, 0.3) is 0 Å². The summed E-state index contributed by atoms with van der Waals surface area (Å²) in [6.07, 6.45) is 1.73. The van der Waals surface area contributed by atoms with Gasteiger partial charge in [0.15, 0.2) is 0 Å². The van der Waals surface area contributed by atoms with Crippen molar-refractivity contribution in [2.75, 3.05) is 10.6 Å². The lowest BCUT2D eigenvalue weighted by molar-refractivity contribution is 1.09. The molecule has 0 saturated carbocycles. The number of nitrogens with zero attached hydrogens (tertiary/aromatic N) is 1. The lowest BCUT2D eigenvalue weighted by Gasteiger charge is -2.09. The monoisotopic (exact) mass is 410 g/mol. The van der Waals surface area contributed by atoms with Crippen molar-refractivity contribution >= 4 is 57.1 Å². The quantitative estimate of drug-likeness (QED) is 0.521. The SMILES string of the molecule is Clc1cccc(Nc2cn[nH]c2Nc2ccc(I)cc2)c1. The molecular formula is C15H12ClIN4. The van der Waals surface area contributed by atoms with E-state index in [1.54, 1.807) is 6.20 Å². The van der Waals surface area contributed by atoms with Crippen LogP contribution in [0.1, 0.15) is 0 Å². The first-order valence-corrected chi connectivity index (χ1v) is 7.75. The number of rotatable bonds is 4. The largest absolute Gasteiger partial charge is 0.351 e. The van der Waals surface area contributed by atoms with E-state index >= 15 is 0 Å². The maximum atomic E-state index is 5.99. The average Bonchev–Trinajstić information content (AvgIpc) is 2.89. The molecule has 0 amide bonds. The molecule has 3 N–H and O–H groups in total. The van der Waals surface area contributed by atoms with Gasteiger partial charge in [-0.3, -0.25) is 5.10 Å². The summed E-state index contributed by atoms with van der Waals surface area (Å²) in [4.78, 5) is 0. The smallest absolute Gasteiger partial charge is 0.150 e. The molecule has 0 spiro atoms. The van der Waals surface area contributed by atoms with Crippen molar-refractivity contribution in [3.8, 4) is 0 Å². The van der Waals surface area contributed by atoms with Crippen LogP contribution in [0.15, 0.2) is 54.7 Å². The maximum absolute atomic E-state index is 5.99. The first kappa shape index (κ1) is 14.2. The molecule has 3 aromatic rings. The zero-order chi connectivity index (χ0) is 14.7. The predicted molar refractivity (Wildman–Crippen MR) is 95.8 cm³/mol. The van der Waals surface area contributed by atoms with E-state index in [0.717, 1.165) is 22.9 Å². The highest BCUT2D eigenvalue weighted by Gasteiger charge is 2.06. The van der Waals surface area contributed by atoms with Crippen molar-refractivity contribution in [2.45, 2.75) is 0 Å². The zero-order valence-electron chi connectivity index (χ0n) is 10.9.